The third-order valence-electron chi connectivity index (χ3n) is 6.18. The number of hydrogen-bond donors (Lipinski definition) is 1. The molecule has 3 heterocycles. The molecule has 2 aromatic rings. The fourth-order valence-corrected chi connectivity index (χ4v) is 4.60. The Morgan fingerprint density at radius 2 is 1.69 bits per heavy atom. The zero-order valence-electron chi connectivity index (χ0n) is 15.8. The van der Waals surface area contributed by atoms with Gasteiger partial charge in [0, 0.05) is 29.2 Å². The molecular formula is C22H31N3O. The van der Waals surface area contributed by atoms with Crippen molar-refractivity contribution in [1.82, 2.24) is 14.8 Å². The molecule has 1 aromatic carbocycles. The van der Waals surface area contributed by atoms with Crippen LogP contribution in [-0.4, -0.2) is 59.8 Å². The van der Waals surface area contributed by atoms with Crippen molar-refractivity contribution in [3.63, 3.8) is 0 Å². The minimum atomic E-state index is 0.244. The third-order valence-corrected chi connectivity index (χ3v) is 6.18. The molecule has 0 spiro atoms. The van der Waals surface area contributed by atoms with Crippen LogP contribution in [-0.2, 0) is 0 Å². The van der Waals surface area contributed by atoms with Gasteiger partial charge < -0.3 is 9.88 Å². The molecule has 26 heavy (non-hydrogen) atoms. The summed E-state index contributed by atoms with van der Waals surface area (Å²) in [6.45, 7) is 6.53. The van der Waals surface area contributed by atoms with Crippen LogP contribution in [0.3, 0.4) is 0 Å². The summed E-state index contributed by atoms with van der Waals surface area (Å²) in [5.41, 5.74) is 1.89. The zero-order valence-corrected chi connectivity index (χ0v) is 15.8. The van der Waals surface area contributed by atoms with E-state index in [1.807, 2.05) is 30.5 Å². The molecule has 4 rings (SSSR count). The average Bonchev–Trinajstić information content (AvgIpc) is 2.93. The van der Waals surface area contributed by atoms with Crippen molar-refractivity contribution in [3.8, 4) is 0 Å². The van der Waals surface area contributed by atoms with Crippen molar-refractivity contribution in [2.75, 3.05) is 39.3 Å². The molecule has 4 heteroatoms. The standard InChI is InChI=1S/C22H31N3O/c26-22(20-15-23-21-8-4-3-7-19(20)21)17-25-13-9-18(10-14-25)16-24-11-5-1-2-6-12-24/h3-4,7-8,15,18,23H,1-2,5-6,9-14,16-17H2. The Labute approximate surface area is 156 Å². The van der Waals surface area contributed by atoms with E-state index in [1.54, 1.807) is 0 Å². The van der Waals surface area contributed by atoms with Gasteiger partial charge >= 0.3 is 0 Å². The first-order chi connectivity index (χ1) is 12.8. The molecule has 0 amide bonds. The number of aromatic amines is 1. The summed E-state index contributed by atoms with van der Waals surface area (Å²) in [5.74, 6) is 1.06. The molecule has 0 unspecified atom stereocenters. The number of Topliss-reactive ketones (excluding diaryl/α,β-unsaturated/α-hetero) is 1. The van der Waals surface area contributed by atoms with E-state index in [0.29, 0.717) is 6.54 Å². The van der Waals surface area contributed by atoms with Crippen molar-refractivity contribution in [3.05, 3.63) is 36.0 Å². The van der Waals surface area contributed by atoms with E-state index in [0.717, 1.165) is 35.5 Å². The minimum absolute atomic E-state index is 0.244. The maximum Gasteiger partial charge on any atom is 0.178 e. The molecule has 0 atom stereocenters. The van der Waals surface area contributed by atoms with Crippen LogP contribution in [0.4, 0.5) is 0 Å². The maximum absolute atomic E-state index is 12.8. The lowest BCUT2D eigenvalue weighted by molar-refractivity contribution is 0.0878. The Bertz CT molecular complexity index is 722. The molecule has 140 valence electrons. The van der Waals surface area contributed by atoms with E-state index in [1.165, 1.54) is 58.2 Å². The molecule has 2 saturated heterocycles. The van der Waals surface area contributed by atoms with Crippen LogP contribution in [0.5, 0.6) is 0 Å². The first-order valence-corrected chi connectivity index (χ1v) is 10.3. The van der Waals surface area contributed by atoms with Crippen LogP contribution in [0.1, 0.15) is 48.9 Å². The Hall–Kier alpha value is -1.65. The molecule has 1 aromatic heterocycles. The van der Waals surface area contributed by atoms with Gasteiger partial charge in [-0.3, -0.25) is 9.69 Å². The van der Waals surface area contributed by atoms with Crippen LogP contribution >= 0.6 is 0 Å². The SMILES string of the molecule is O=C(CN1CCC(CN2CCCCCC2)CC1)c1c[nH]c2ccccc12. The Kier molecular flexibility index (Phi) is 5.71. The van der Waals surface area contributed by atoms with Gasteiger partial charge in [-0.25, -0.2) is 0 Å². The molecule has 1 N–H and O–H groups in total. The van der Waals surface area contributed by atoms with E-state index in [4.69, 9.17) is 0 Å². The highest BCUT2D eigenvalue weighted by atomic mass is 16.1. The predicted molar refractivity (Wildman–Crippen MR) is 107 cm³/mol. The van der Waals surface area contributed by atoms with Gasteiger partial charge in [0.25, 0.3) is 0 Å². The van der Waals surface area contributed by atoms with Gasteiger partial charge in [-0.05, 0) is 63.8 Å². The number of aromatic nitrogens is 1. The van der Waals surface area contributed by atoms with Crippen molar-refractivity contribution < 1.29 is 4.79 Å². The second-order valence-electron chi connectivity index (χ2n) is 8.11. The first kappa shape index (κ1) is 17.7. The number of para-hydroxylation sites is 1. The number of piperidine rings is 1. The van der Waals surface area contributed by atoms with Gasteiger partial charge in [-0.15, -0.1) is 0 Å². The monoisotopic (exact) mass is 353 g/mol. The smallest absolute Gasteiger partial charge is 0.178 e. The van der Waals surface area contributed by atoms with Gasteiger partial charge in [0.05, 0.1) is 6.54 Å². The molecule has 0 radical (unpaired) electrons. The number of H-pyrrole nitrogens is 1. The summed E-state index contributed by atoms with van der Waals surface area (Å²) in [5, 5.41) is 1.05. The molecule has 2 aliphatic rings. The van der Waals surface area contributed by atoms with E-state index >= 15 is 0 Å². The topological polar surface area (TPSA) is 39.3 Å². The number of rotatable bonds is 5. The highest BCUT2D eigenvalue weighted by Crippen LogP contribution is 2.22. The highest BCUT2D eigenvalue weighted by molar-refractivity contribution is 6.08. The predicted octanol–water partition coefficient (Wildman–Crippen LogP) is 3.94. The normalized spacial score (nSPS) is 21.1. The minimum Gasteiger partial charge on any atom is -0.360 e. The zero-order chi connectivity index (χ0) is 17.8. The summed E-state index contributed by atoms with van der Waals surface area (Å²) < 4.78 is 0. The van der Waals surface area contributed by atoms with E-state index in [-0.39, 0.29) is 5.78 Å². The molecule has 4 nitrogen and oxygen atoms in total. The number of likely N-dealkylation sites (tertiary alicyclic amines) is 2. The number of benzene rings is 1. The highest BCUT2D eigenvalue weighted by Gasteiger charge is 2.24. The van der Waals surface area contributed by atoms with Crippen molar-refractivity contribution >= 4 is 16.7 Å². The van der Waals surface area contributed by atoms with Crippen LogP contribution in [0.15, 0.2) is 30.5 Å². The lowest BCUT2D eigenvalue weighted by atomic mass is 9.95. The van der Waals surface area contributed by atoms with Crippen LogP contribution < -0.4 is 0 Å². The van der Waals surface area contributed by atoms with Crippen LogP contribution in [0.2, 0.25) is 0 Å². The summed E-state index contributed by atoms with van der Waals surface area (Å²) in [4.78, 5) is 21.0. The van der Waals surface area contributed by atoms with E-state index < -0.39 is 0 Å². The van der Waals surface area contributed by atoms with Crippen molar-refractivity contribution in [1.29, 1.82) is 0 Å². The Morgan fingerprint density at radius 3 is 2.46 bits per heavy atom. The lowest BCUT2D eigenvalue weighted by Gasteiger charge is -2.34. The summed E-state index contributed by atoms with van der Waals surface area (Å²) in [7, 11) is 0. The lowest BCUT2D eigenvalue weighted by Crippen LogP contribution is -2.41. The van der Waals surface area contributed by atoms with Crippen molar-refractivity contribution in [2.45, 2.75) is 38.5 Å². The van der Waals surface area contributed by atoms with Gasteiger partial charge in [-0.2, -0.15) is 0 Å². The number of carbonyl (C=O) groups excluding carboxylic acids is 1. The number of fused-ring (bicyclic) bond motifs is 1. The quantitative estimate of drug-likeness (QED) is 0.828. The molecule has 0 saturated carbocycles. The van der Waals surface area contributed by atoms with Crippen LogP contribution in [0.25, 0.3) is 10.9 Å². The largest absolute Gasteiger partial charge is 0.360 e. The van der Waals surface area contributed by atoms with Gasteiger partial charge in [0.1, 0.15) is 0 Å². The Morgan fingerprint density at radius 1 is 0.962 bits per heavy atom. The number of nitrogens with one attached hydrogen (secondary N) is 1. The summed E-state index contributed by atoms with van der Waals surface area (Å²) in [6.07, 6.45) is 9.90. The Balaban J connectivity index is 1.27. The molecular weight excluding hydrogens is 322 g/mol. The van der Waals surface area contributed by atoms with E-state index in [9.17, 15) is 4.79 Å². The summed E-state index contributed by atoms with van der Waals surface area (Å²) >= 11 is 0. The average molecular weight is 354 g/mol. The molecule has 2 aliphatic heterocycles. The second-order valence-corrected chi connectivity index (χ2v) is 8.11. The van der Waals surface area contributed by atoms with E-state index in [2.05, 4.69) is 14.8 Å². The maximum atomic E-state index is 12.8. The van der Waals surface area contributed by atoms with Crippen molar-refractivity contribution in [2.24, 2.45) is 5.92 Å². The number of nitrogens with zero attached hydrogens (tertiary/aromatic N) is 2. The second kappa shape index (κ2) is 8.36. The molecule has 2 fully saturated rings. The van der Waals surface area contributed by atoms with Gasteiger partial charge in [0.2, 0.25) is 0 Å². The molecule has 0 bridgehead atoms. The molecule has 0 aliphatic carbocycles. The fourth-order valence-electron chi connectivity index (χ4n) is 4.60. The number of ketones is 1. The number of carbonyl (C=O) groups is 1. The fraction of sp³-hybridized carbons (Fsp3) is 0.591. The first-order valence-electron chi connectivity index (χ1n) is 10.3. The van der Waals surface area contributed by atoms with Gasteiger partial charge in [-0.1, -0.05) is 31.0 Å². The number of hydrogen-bond acceptors (Lipinski definition) is 3. The summed E-state index contributed by atoms with van der Waals surface area (Å²) in [6, 6.07) is 8.07. The van der Waals surface area contributed by atoms with Gasteiger partial charge in [0.15, 0.2) is 5.78 Å². The third kappa shape index (κ3) is 4.18. The van der Waals surface area contributed by atoms with Crippen LogP contribution in [0, 0.1) is 5.92 Å².